The van der Waals surface area contributed by atoms with Gasteiger partial charge in [-0.1, -0.05) is 6.42 Å². The Balaban J connectivity index is 1.24. The first-order valence-electron chi connectivity index (χ1n) is 8.11. The Labute approximate surface area is 112 Å². The number of nitrogens with one attached hydrogen (secondary N) is 1. The molecular formula is C15H29N3. The third-order valence-corrected chi connectivity index (χ3v) is 4.82. The van der Waals surface area contributed by atoms with Crippen molar-refractivity contribution >= 4 is 0 Å². The number of nitrogens with zero attached hydrogens (tertiary/aromatic N) is 2. The Morgan fingerprint density at radius 1 is 0.944 bits per heavy atom. The predicted octanol–water partition coefficient (Wildman–Crippen LogP) is 1.69. The van der Waals surface area contributed by atoms with Gasteiger partial charge in [-0.15, -0.1) is 0 Å². The largest absolute Gasteiger partial charge is 0.313 e. The fourth-order valence-electron chi connectivity index (χ4n) is 3.52. The van der Waals surface area contributed by atoms with Crippen molar-refractivity contribution in [2.45, 2.75) is 57.0 Å². The SMILES string of the molecule is C1CCN(CCCNC2CCN(C3CC3)C2)CC1. The van der Waals surface area contributed by atoms with Crippen LogP contribution in [-0.4, -0.2) is 61.2 Å². The predicted molar refractivity (Wildman–Crippen MR) is 75.9 cm³/mol. The van der Waals surface area contributed by atoms with Gasteiger partial charge in [0.15, 0.2) is 0 Å². The Morgan fingerprint density at radius 3 is 2.56 bits per heavy atom. The van der Waals surface area contributed by atoms with E-state index in [0.29, 0.717) is 0 Å². The van der Waals surface area contributed by atoms with Crippen LogP contribution in [0.4, 0.5) is 0 Å². The molecule has 0 aromatic rings. The quantitative estimate of drug-likeness (QED) is 0.725. The summed E-state index contributed by atoms with van der Waals surface area (Å²) in [4.78, 5) is 5.35. The number of piperidine rings is 1. The van der Waals surface area contributed by atoms with Gasteiger partial charge in [0, 0.05) is 25.2 Å². The maximum Gasteiger partial charge on any atom is 0.0207 e. The standard InChI is InChI=1S/C15H29N3/c1-2-9-17(10-3-1)11-4-8-16-14-7-12-18(13-14)15-5-6-15/h14-16H,1-13H2. The first kappa shape index (κ1) is 12.9. The monoisotopic (exact) mass is 251 g/mol. The van der Waals surface area contributed by atoms with Gasteiger partial charge in [-0.3, -0.25) is 4.90 Å². The van der Waals surface area contributed by atoms with E-state index in [1.807, 2.05) is 0 Å². The third-order valence-electron chi connectivity index (χ3n) is 4.82. The van der Waals surface area contributed by atoms with Gasteiger partial charge in [0.1, 0.15) is 0 Å². The van der Waals surface area contributed by atoms with Gasteiger partial charge in [-0.05, 0) is 64.7 Å². The second-order valence-electron chi connectivity index (χ2n) is 6.42. The highest BCUT2D eigenvalue weighted by Crippen LogP contribution is 2.29. The minimum Gasteiger partial charge on any atom is -0.313 e. The normalized spacial score (nSPS) is 31.0. The maximum atomic E-state index is 3.77. The number of likely N-dealkylation sites (tertiary alicyclic amines) is 2. The first-order valence-corrected chi connectivity index (χ1v) is 8.11. The smallest absolute Gasteiger partial charge is 0.0207 e. The fraction of sp³-hybridized carbons (Fsp3) is 1.00. The molecule has 2 saturated heterocycles. The topological polar surface area (TPSA) is 18.5 Å². The lowest BCUT2D eigenvalue weighted by atomic mass is 10.1. The lowest BCUT2D eigenvalue weighted by Crippen LogP contribution is -2.36. The molecule has 0 aromatic heterocycles. The van der Waals surface area contributed by atoms with Gasteiger partial charge in [-0.25, -0.2) is 0 Å². The van der Waals surface area contributed by atoms with E-state index in [-0.39, 0.29) is 0 Å². The van der Waals surface area contributed by atoms with E-state index in [4.69, 9.17) is 0 Å². The van der Waals surface area contributed by atoms with Crippen LogP contribution in [0, 0.1) is 0 Å². The summed E-state index contributed by atoms with van der Waals surface area (Å²) in [6.45, 7) is 7.88. The number of rotatable bonds is 6. The second kappa shape index (κ2) is 6.36. The summed E-state index contributed by atoms with van der Waals surface area (Å²) in [5.41, 5.74) is 0. The lowest BCUT2D eigenvalue weighted by Gasteiger charge is -2.26. The molecule has 3 aliphatic rings. The lowest BCUT2D eigenvalue weighted by molar-refractivity contribution is 0.224. The minimum atomic E-state index is 0.784. The highest BCUT2D eigenvalue weighted by Gasteiger charge is 2.33. The molecule has 1 unspecified atom stereocenters. The number of hydrogen-bond acceptors (Lipinski definition) is 3. The van der Waals surface area contributed by atoms with Gasteiger partial charge in [0.25, 0.3) is 0 Å². The van der Waals surface area contributed by atoms with Crippen LogP contribution in [0.2, 0.25) is 0 Å². The molecule has 0 radical (unpaired) electrons. The van der Waals surface area contributed by atoms with Crippen LogP contribution in [0.25, 0.3) is 0 Å². The molecule has 0 spiro atoms. The molecule has 0 aromatic carbocycles. The maximum absolute atomic E-state index is 3.77. The van der Waals surface area contributed by atoms with Crippen molar-refractivity contribution in [3.63, 3.8) is 0 Å². The molecule has 3 nitrogen and oxygen atoms in total. The summed E-state index contributed by atoms with van der Waals surface area (Å²) in [5.74, 6) is 0. The Hall–Kier alpha value is -0.120. The molecule has 1 atom stereocenters. The van der Waals surface area contributed by atoms with Gasteiger partial charge in [-0.2, -0.15) is 0 Å². The summed E-state index contributed by atoms with van der Waals surface area (Å²) in [6, 6.07) is 1.75. The molecule has 2 aliphatic heterocycles. The summed E-state index contributed by atoms with van der Waals surface area (Å²) < 4.78 is 0. The molecule has 1 N–H and O–H groups in total. The summed E-state index contributed by atoms with van der Waals surface area (Å²) in [7, 11) is 0. The zero-order chi connectivity index (χ0) is 12.2. The van der Waals surface area contributed by atoms with Crippen LogP contribution in [0.3, 0.4) is 0 Å². The average Bonchev–Trinajstić information content (AvgIpc) is 3.16. The van der Waals surface area contributed by atoms with Crippen molar-refractivity contribution in [1.82, 2.24) is 15.1 Å². The van der Waals surface area contributed by atoms with Crippen molar-refractivity contribution in [3.8, 4) is 0 Å². The van der Waals surface area contributed by atoms with Crippen molar-refractivity contribution in [2.24, 2.45) is 0 Å². The van der Waals surface area contributed by atoms with E-state index >= 15 is 0 Å². The van der Waals surface area contributed by atoms with Crippen LogP contribution in [-0.2, 0) is 0 Å². The summed E-state index contributed by atoms with van der Waals surface area (Å²) >= 11 is 0. The molecule has 1 aliphatic carbocycles. The zero-order valence-electron chi connectivity index (χ0n) is 11.7. The van der Waals surface area contributed by atoms with E-state index < -0.39 is 0 Å². The minimum absolute atomic E-state index is 0.784. The van der Waals surface area contributed by atoms with Crippen molar-refractivity contribution in [2.75, 3.05) is 39.3 Å². The van der Waals surface area contributed by atoms with E-state index in [9.17, 15) is 0 Å². The first-order chi connectivity index (χ1) is 8.92. The third kappa shape index (κ3) is 3.69. The highest BCUT2D eigenvalue weighted by molar-refractivity contribution is 4.91. The van der Waals surface area contributed by atoms with E-state index in [0.717, 1.165) is 12.1 Å². The van der Waals surface area contributed by atoms with Crippen LogP contribution in [0.15, 0.2) is 0 Å². The van der Waals surface area contributed by atoms with Crippen LogP contribution in [0.5, 0.6) is 0 Å². The molecule has 3 fully saturated rings. The summed E-state index contributed by atoms with van der Waals surface area (Å²) in [6.07, 6.45) is 9.93. The van der Waals surface area contributed by atoms with E-state index in [2.05, 4.69) is 15.1 Å². The molecule has 1 saturated carbocycles. The van der Waals surface area contributed by atoms with Crippen LogP contribution < -0.4 is 5.32 Å². The second-order valence-corrected chi connectivity index (χ2v) is 6.42. The fourth-order valence-corrected chi connectivity index (χ4v) is 3.52. The van der Waals surface area contributed by atoms with Gasteiger partial charge >= 0.3 is 0 Å². The van der Waals surface area contributed by atoms with Crippen molar-refractivity contribution in [1.29, 1.82) is 0 Å². The molecule has 3 rings (SSSR count). The Bertz CT molecular complexity index is 246. The Morgan fingerprint density at radius 2 is 1.78 bits per heavy atom. The van der Waals surface area contributed by atoms with Crippen LogP contribution in [0.1, 0.15) is 44.9 Å². The molecule has 0 bridgehead atoms. The van der Waals surface area contributed by atoms with Gasteiger partial charge in [0.05, 0.1) is 0 Å². The van der Waals surface area contributed by atoms with Crippen molar-refractivity contribution in [3.05, 3.63) is 0 Å². The van der Waals surface area contributed by atoms with Gasteiger partial charge in [0.2, 0.25) is 0 Å². The molecular weight excluding hydrogens is 222 g/mol. The Kier molecular flexibility index (Phi) is 4.55. The summed E-state index contributed by atoms with van der Waals surface area (Å²) in [5, 5.41) is 3.77. The molecule has 2 heterocycles. The zero-order valence-corrected chi connectivity index (χ0v) is 11.7. The van der Waals surface area contributed by atoms with Crippen molar-refractivity contribution < 1.29 is 0 Å². The van der Waals surface area contributed by atoms with E-state index in [1.165, 1.54) is 84.2 Å². The van der Waals surface area contributed by atoms with E-state index in [1.54, 1.807) is 0 Å². The molecule has 0 amide bonds. The van der Waals surface area contributed by atoms with Gasteiger partial charge < -0.3 is 10.2 Å². The highest BCUT2D eigenvalue weighted by atomic mass is 15.2. The molecule has 3 heteroatoms. The molecule has 18 heavy (non-hydrogen) atoms. The molecule has 104 valence electrons. The average molecular weight is 251 g/mol. The van der Waals surface area contributed by atoms with Crippen LogP contribution >= 0.6 is 0 Å². The number of hydrogen-bond donors (Lipinski definition) is 1.